The molecular formula is C12H18N2O3S. The molecule has 1 amide bonds. The molecule has 0 aromatic heterocycles. The van der Waals surface area contributed by atoms with Crippen LogP contribution in [0.15, 0.2) is 18.2 Å². The van der Waals surface area contributed by atoms with E-state index in [1.165, 1.54) is 0 Å². The van der Waals surface area contributed by atoms with Gasteiger partial charge in [0.1, 0.15) is 0 Å². The van der Waals surface area contributed by atoms with Gasteiger partial charge >= 0.3 is 0 Å². The first-order chi connectivity index (χ1) is 8.28. The molecule has 0 bridgehead atoms. The fraction of sp³-hybridized carbons (Fsp3) is 0.417. The van der Waals surface area contributed by atoms with E-state index in [0.717, 1.165) is 11.1 Å². The van der Waals surface area contributed by atoms with E-state index in [-0.39, 0.29) is 11.7 Å². The molecule has 1 rings (SSSR count). The standard InChI is InChI=1S/C12H18N2O3S/c1-9-6-10(2)8-11(7-9)12(15)14-4-3-5-18(13,16)17/h6-8H,3-5H2,1-2H3,(H,14,15)(H2,13,16,17). The van der Waals surface area contributed by atoms with Crippen LogP contribution in [0.4, 0.5) is 0 Å². The second-order valence-corrected chi connectivity index (χ2v) is 6.09. The fourth-order valence-electron chi connectivity index (χ4n) is 1.68. The Morgan fingerprint density at radius 1 is 1.22 bits per heavy atom. The smallest absolute Gasteiger partial charge is 0.251 e. The first-order valence-electron chi connectivity index (χ1n) is 5.65. The van der Waals surface area contributed by atoms with E-state index in [4.69, 9.17) is 5.14 Å². The number of sulfonamides is 1. The van der Waals surface area contributed by atoms with Gasteiger partial charge in [0.15, 0.2) is 0 Å². The maximum absolute atomic E-state index is 11.8. The zero-order chi connectivity index (χ0) is 13.8. The third-order valence-electron chi connectivity index (χ3n) is 2.38. The number of aryl methyl sites for hydroxylation is 2. The van der Waals surface area contributed by atoms with Crippen LogP contribution in [-0.4, -0.2) is 26.6 Å². The van der Waals surface area contributed by atoms with Gasteiger partial charge in [-0.05, 0) is 32.4 Å². The molecule has 0 saturated carbocycles. The van der Waals surface area contributed by atoms with Gasteiger partial charge in [0.2, 0.25) is 10.0 Å². The summed E-state index contributed by atoms with van der Waals surface area (Å²) in [6, 6.07) is 5.57. The van der Waals surface area contributed by atoms with Crippen molar-refractivity contribution in [3.05, 3.63) is 34.9 Å². The molecule has 0 heterocycles. The molecule has 0 unspecified atom stereocenters. The Morgan fingerprint density at radius 2 is 1.78 bits per heavy atom. The Kier molecular flexibility index (Phi) is 4.86. The van der Waals surface area contributed by atoms with E-state index in [2.05, 4.69) is 5.32 Å². The lowest BCUT2D eigenvalue weighted by Crippen LogP contribution is -2.27. The number of hydrogen-bond donors (Lipinski definition) is 2. The summed E-state index contributed by atoms with van der Waals surface area (Å²) in [5.74, 6) is -0.323. The Balaban J connectivity index is 2.51. The Morgan fingerprint density at radius 3 is 2.28 bits per heavy atom. The third kappa shape index (κ3) is 5.29. The molecule has 0 atom stereocenters. The summed E-state index contributed by atoms with van der Waals surface area (Å²) in [6.45, 7) is 4.14. The van der Waals surface area contributed by atoms with Crippen molar-refractivity contribution >= 4 is 15.9 Å². The van der Waals surface area contributed by atoms with Gasteiger partial charge in [-0.1, -0.05) is 17.2 Å². The highest BCUT2D eigenvalue weighted by atomic mass is 32.2. The molecule has 0 aliphatic rings. The summed E-state index contributed by atoms with van der Waals surface area (Å²) in [4.78, 5) is 11.8. The van der Waals surface area contributed by atoms with Crippen LogP contribution < -0.4 is 10.5 Å². The molecule has 18 heavy (non-hydrogen) atoms. The zero-order valence-corrected chi connectivity index (χ0v) is 11.4. The molecule has 5 nitrogen and oxygen atoms in total. The number of amides is 1. The highest BCUT2D eigenvalue weighted by Crippen LogP contribution is 2.08. The normalized spacial score (nSPS) is 11.3. The van der Waals surface area contributed by atoms with Crippen LogP contribution in [0.25, 0.3) is 0 Å². The van der Waals surface area contributed by atoms with Crippen molar-refractivity contribution in [3.63, 3.8) is 0 Å². The molecule has 1 aromatic rings. The number of rotatable bonds is 5. The van der Waals surface area contributed by atoms with E-state index in [1.54, 1.807) is 12.1 Å². The zero-order valence-electron chi connectivity index (χ0n) is 10.6. The predicted octanol–water partition coefficient (Wildman–Crippen LogP) is 0.712. The van der Waals surface area contributed by atoms with Gasteiger partial charge in [-0.25, -0.2) is 13.6 Å². The number of benzene rings is 1. The Hall–Kier alpha value is -1.40. The number of nitrogens with one attached hydrogen (secondary N) is 1. The number of hydrogen-bond acceptors (Lipinski definition) is 3. The molecule has 3 N–H and O–H groups in total. The van der Waals surface area contributed by atoms with E-state index >= 15 is 0 Å². The van der Waals surface area contributed by atoms with Crippen molar-refractivity contribution in [1.82, 2.24) is 5.32 Å². The van der Waals surface area contributed by atoms with Gasteiger partial charge in [0.05, 0.1) is 5.75 Å². The first-order valence-corrected chi connectivity index (χ1v) is 7.36. The maximum Gasteiger partial charge on any atom is 0.251 e. The van der Waals surface area contributed by atoms with Crippen LogP contribution in [0.5, 0.6) is 0 Å². The minimum absolute atomic E-state index is 0.125. The first kappa shape index (κ1) is 14.7. The summed E-state index contributed by atoms with van der Waals surface area (Å²) in [5, 5.41) is 7.53. The molecule has 0 radical (unpaired) electrons. The molecule has 0 spiro atoms. The van der Waals surface area contributed by atoms with Crippen molar-refractivity contribution in [2.45, 2.75) is 20.3 Å². The quantitative estimate of drug-likeness (QED) is 0.772. The van der Waals surface area contributed by atoms with Crippen LogP contribution in [-0.2, 0) is 10.0 Å². The second-order valence-electron chi connectivity index (χ2n) is 4.35. The van der Waals surface area contributed by atoms with Gasteiger partial charge in [0.25, 0.3) is 5.91 Å². The van der Waals surface area contributed by atoms with Gasteiger partial charge in [0, 0.05) is 12.1 Å². The lowest BCUT2D eigenvalue weighted by Gasteiger charge is -2.06. The van der Waals surface area contributed by atoms with E-state index in [0.29, 0.717) is 18.5 Å². The largest absolute Gasteiger partial charge is 0.352 e. The highest BCUT2D eigenvalue weighted by molar-refractivity contribution is 7.89. The van der Waals surface area contributed by atoms with Gasteiger partial charge in [-0.15, -0.1) is 0 Å². The van der Waals surface area contributed by atoms with Gasteiger partial charge < -0.3 is 5.32 Å². The van der Waals surface area contributed by atoms with Crippen LogP contribution in [0.1, 0.15) is 27.9 Å². The average Bonchev–Trinajstić information content (AvgIpc) is 2.21. The minimum atomic E-state index is -3.45. The van der Waals surface area contributed by atoms with Gasteiger partial charge in [-0.2, -0.15) is 0 Å². The summed E-state index contributed by atoms with van der Waals surface area (Å²) in [5.41, 5.74) is 2.62. The van der Waals surface area contributed by atoms with E-state index < -0.39 is 10.0 Å². The number of nitrogens with two attached hydrogens (primary N) is 1. The summed E-state index contributed by atoms with van der Waals surface area (Å²) >= 11 is 0. The van der Waals surface area contributed by atoms with Crippen molar-refractivity contribution in [2.24, 2.45) is 5.14 Å². The average molecular weight is 270 g/mol. The minimum Gasteiger partial charge on any atom is -0.352 e. The number of carbonyl (C=O) groups is 1. The lowest BCUT2D eigenvalue weighted by molar-refractivity contribution is 0.0953. The molecule has 1 aromatic carbocycles. The Labute approximate surface area is 107 Å². The van der Waals surface area contributed by atoms with Crippen LogP contribution in [0.3, 0.4) is 0 Å². The highest BCUT2D eigenvalue weighted by Gasteiger charge is 2.07. The summed E-state index contributed by atoms with van der Waals surface area (Å²) in [7, 11) is -3.45. The molecule has 0 aliphatic heterocycles. The lowest BCUT2D eigenvalue weighted by atomic mass is 10.1. The molecule has 0 fully saturated rings. The fourth-order valence-corrected chi connectivity index (χ4v) is 2.23. The van der Waals surface area contributed by atoms with Crippen LogP contribution >= 0.6 is 0 Å². The molecular weight excluding hydrogens is 252 g/mol. The predicted molar refractivity (Wildman–Crippen MR) is 70.8 cm³/mol. The monoisotopic (exact) mass is 270 g/mol. The molecule has 0 saturated heterocycles. The molecule has 6 heteroatoms. The topological polar surface area (TPSA) is 89.3 Å². The molecule has 0 aliphatic carbocycles. The van der Waals surface area contributed by atoms with E-state index in [9.17, 15) is 13.2 Å². The maximum atomic E-state index is 11.8. The summed E-state index contributed by atoms with van der Waals surface area (Å²) in [6.07, 6.45) is 0.315. The van der Waals surface area contributed by atoms with Crippen molar-refractivity contribution in [2.75, 3.05) is 12.3 Å². The second kappa shape index (κ2) is 5.97. The number of primary sulfonamides is 1. The Bertz CT molecular complexity index is 518. The van der Waals surface area contributed by atoms with Crippen molar-refractivity contribution < 1.29 is 13.2 Å². The van der Waals surface area contributed by atoms with Crippen molar-refractivity contribution in [1.29, 1.82) is 0 Å². The number of carbonyl (C=O) groups excluding carboxylic acids is 1. The van der Waals surface area contributed by atoms with E-state index in [1.807, 2.05) is 19.9 Å². The van der Waals surface area contributed by atoms with Gasteiger partial charge in [-0.3, -0.25) is 4.79 Å². The van der Waals surface area contributed by atoms with Crippen LogP contribution in [0.2, 0.25) is 0 Å². The molecule has 100 valence electrons. The summed E-state index contributed by atoms with van der Waals surface area (Å²) < 4.78 is 21.4. The van der Waals surface area contributed by atoms with Crippen molar-refractivity contribution in [3.8, 4) is 0 Å². The SMILES string of the molecule is Cc1cc(C)cc(C(=O)NCCCS(N)(=O)=O)c1. The third-order valence-corrected chi connectivity index (χ3v) is 3.23. The van der Waals surface area contributed by atoms with Crippen LogP contribution in [0, 0.1) is 13.8 Å².